The van der Waals surface area contributed by atoms with Crippen molar-refractivity contribution in [3.8, 4) is 0 Å². The van der Waals surface area contributed by atoms with Crippen LogP contribution in [0.2, 0.25) is 0 Å². The largest absolute Gasteiger partial charge is 0.481 e. The number of rotatable bonds is 8. The van der Waals surface area contributed by atoms with Crippen LogP contribution in [0.15, 0.2) is 29.9 Å². The molecule has 2 aromatic rings. The molecule has 0 aromatic carbocycles. The first-order valence-corrected chi connectivity index (χ1v) is 10.3. The number of aromatic nitrogens is 2. The molecule has 1 amide bonds. The zero-order chi connectivity index (χ0) is 21.5. The van der Waals surface area contributed by atoms with Gasteiger partial charge in [0.15, 0.2) is 0 Å². The Balaban J connectivity index is 1.53. The number of amides is 1. The predicted molar refractivity (Wildman–Crippen MR) is 111 cm³/mol. The van der Waals surface area contributed by atoms with E-state index >= 15 is 0 Å². The molecule has 1 aliphatic rings. The van der Waals surface area contributed by atoms with Crippen LogP contribution in [0.5, 0.6) is 0 Å². The zero-order valence-corrected chi connectivity index (χ0v) is 17.3. The summed E-state index contributed by atoms with van der Waals surface area (Å²) in [6.07, 6.45) is 3.19. The summed E-state index contributed by atoms with van der Waals surface area (Å²) in [5.41, 5.74) is 0.331. The van der Waals surface area contributed by atoms with Crippen LogP contribution < -0.4 is 10.2 Å². The van der Waals surface area contributed by atoms with Gasteiger partial charge in [-0.05, 0) is 17.5 Å². The van der Waals surface area contributed by atoms with Crippen molar-refractivity contribution in [2.75, 3.05) is 50.1 Å². The molecule has 1 saturated heterocycles. The van der Waals surface area contributed by atoms with E-state index in [1.165, 1.54) is 7.11 Å². The molecule has 0 spiro atoms. The number of hydrogen-bond acceptors (Lipinski definition) is 9. The number of anilines is 2. The van der Waals surface area contributed by atoms with Crippen molar-refractivity contribution in [3.05, 3.63) is 34.8 Å². The third-order valence-corrected chi connectivity index (χ3v) is 5.67. The number of methoxy groups -OCH3 is 1. The van der Waals surface area contributed by atoms with Crippen LogP contribution >= 0.6 is 11.3 Å². The van der Waals surface area contributed by atoms with Crippen LogP contribution in [-0.2, 0) is 14.3 Å². The monoisotopic (exact) mass is 433 g/mol. The lowest BCUT2D eigenvalue weighted by molar-refractivity contribution is -0.144. The molecule has 1 aliphatic heterocycles. The Bertz CT molecular complexity index is 882. The molecular weight excluding hydrogens is 410 g/mol. The molecule has 3 heterocycles. The Hall–Kier alpha value is -3.05. The standard InChI is InChI=1S/C19H23N5O5S/c1-29-18(28)16-14(3-10-30-16)22-15(25)11-13(17(26)27)12-23-6-8-24(9-7-23)19-20-4-2-5-21-19/h2-5,10,13H,6-9,11-12H2,1H3,(H,22,25)(H,26,27). The Morgan fingerprint density at radius 1 is 1.23 bits per heavy atom. The molecule has 10 nitrogen and oxygen atoms in total. The highest BCUT2D eigenvalue weighted by molar-refractivity contribution is 7.12. The van der Waals surface area contributed by atoms with Gasteiger partial charge in [0.1, 0.15) is 4.88 Å². The molecule has 1 fully saturated rings. The van der Waals surface area contributed by atoms with Crippen LogP contribution in [0.1, 0.15) is 16.1 Å². The van der Waals surface area contributed by atoms with Crippen LogP contribution in [-0.4, -0.2) is 77.7 Å². The van der Waals surface area contributed by atoms with Gasteiger partial charge in [-0.3, -0.25) is 14.5 Å². The molecular formula is C19H23N5O5S. The van der Waals surface area contributed by atoms with Crippen molar-refractivity contribution in [2.45, 2.75) is 6.42 Å². The summed E-state index contributed by atoms with van der Waals surface area (Å²) in [6, 6.07) is 3.35. The molecule has 11 heteroatoms. The minimum atomic E-state index is -1.03. The number of carbonyl (C=O) groups is 3. The topological polar surface area (TPSA) is 125 Å². The predicted octanol–water partition coefficient (Wildman–Crippen LogP) is 1.18. The maximum absolute atomic E-state index is 12.4. The first kappa shape index (κ1) is 21.7. The minimum Gasteiger partial charge on any atom is -0.481 e. The van der Waals surface area contributed by atoms with Gasteiger partial charge in [-0.25, -0.2) is 14.8 Å². The number of aliphatic carboxylic acids is 1. The lowest BCUT2D eigenvalue weighted by Gasteiger charge is -2.35. The molecule has 160 valence electrons. The molecule has 2 aromatic heterocycles. The van der Waals surface area contributed by atoms with E-state index < -0.39 is 23.8 Å². The second-order valence-electron chi connectivity index (χ2n) is 6.78. The summed E-state index contributed by atoms with van der Waals surface area (Å²) in [5, 5.41) is 13.9. The summed E-state index contributed by atoms with van der Waals surface area (Å²) >= 11 is 1.15. The average Bonchev–Trinajstić information content (AvgIpc) is 3.21. The normalized spacial score (nSPS) is 15.4. The molecule has 0 radical (unpaired) electrons. The molecule has 1 unspecified atom stereocenters. The van der Waals surface area contributed by atoms with Gasteiger partial charge < -0.3 is 20.1 Å². The van der Waals surface area contributed by atoms with E-state index in [4.69, 9.17) is 0 Å². The number of ether oxygens (including phenoxy) is 1. The number of esters is 1. The highest BCUT2D eigenvalue weighted by atomic mass is 32.1. The number of carboxylic acid groups (broad SMARTS) is 1. The van der Waals surface area contributed by atoms with Gasteiger partial charge in [0.25, 0.3) is 0 Å². The van der Waals surface area contributed by atoms with Crippen LogP contribution in [0.25, 0.3) is 0 Å². The quantitative estimate of drug-likeness (QED) is 0.590. The second kappa shape index (κ2) is 10.1. The molecule has 30 heavy (non-hydrogen) atoms. The van der Waals surface area contributed by atoms with Gasteiger partial charge in [-0.15, -0.1) is 11.3 Å². The van der Waals surface area contributed by atoms with Gasteiger partial charge >= 0.3 is 11.9 Å². The first-order valence-electron chi connectivity index (χ1n) is 9.40. The summed E-state index contributed by atoms with van der Waals surface area (Å²) in [6.45, 7) is 2.93. The number of hydrogen-bond donors (Lipinski definition) is 2. The number of piperazine rings is 1. The number of nitrogens with zero attached hydrogens (tertiary/aromatic N) is 4. The van der Waals surface area contributed by atoms with E-state index in [1.54, 1.807) is 29.9 Å². The van der Waals surface area contributed by atoms with Gasteiger partial charge in [0.2, 0.25) is 11.9 Å². The van der Waals surface area contributed by atoms with Crippen molar-refractivity contribution in [1.82, 2.24) is 14.9 Å². The molecule has 3 rings (SSSR count). The summed E-state index contributed by atoms with van der Waals surface area (Å²) in [5.74, 6) is -2.23. The zero-order valence-electron chi connectivity index (χ0n) is 16.5. The lowest BCUT2D eigenvalue weighted by Crippen LogP contribution is -2.49. The molecule has 1 atom stereocenters. The number of carbonyl (C=O) groups excluding carboxylic acids is 2. The maximum Gasteiger partial charge on any atom is 0.350 e. The second-order valence-corrected chi connectivity index (χ2v) is 7.70. The van der Waals surface area contributed by atoms with Gasteiger partial charge in [0, 0.05) is 51.5 Å². The molecule has 0 saturated carbocycles. The number of carboxylic acids is 1. The SMILES string of the molecule is COC(=O)c1sccc1NC(=O)CC(CN1CCN(c2ncccn2)CC1)C(=O)O. The summed E-state index contributed by atoms with van der Waals surface area (Å²) < 4.78 is 4.68. The van der Waals surface area contributed by atoms with Gasteiger partial charge in [0.05, 0.1) is 18.7 Å². The Morgan fingerprint density at radius 2 is 1.93 bits per heavy atom. The lowest BCUT2D eigenvalue weighted by atomic mass is 10.0. The smallest absolute Gasteiger partial charge is 0.350 e. The third kappa shape index (κ3) is 5.51. The minimum absolute atomic E-state index is 0.187. The van der Waals surface area contributed by atoms with E-state index in [9.17, 15) is 19.5 Å². The molecule has 2 N–H and O–H groups in total. The van der Waals surface area contributed by atoms with Crippen molar-refractivity contribution < 1.29 is 24.2 Å². The van der Waals surface area contributed by atoms with Crippen LogP contribution in [0.3, 0.4) is 0 Å². The fourth-order valence-electron chi connectivity index (χ4n) is 3.21. The van der Waals surface area contributed by atoms with Crippen molar-refractivity contribution in [3.63, 3.8) is 0 Å². The highest BCUT2D eigenvalue weighted by Gasteiger charge is 2.27. The maximum atomic E-state index is 12.4. The third-order valence-electron chi connectivity index (χ3n) is 4.78. The van der Waals surface area contributed by atoms with E-state index in [0.29, 0.717) is 37.8 Å². The van der Waals surface area contributed by atoms with E-state index in [0.717, 1.165) is 11.3 Å². The molecule has 0 aliphatic carbocycles. The van der Waals surface area contributed by atoms with Crippen molar-refractivity contribution in [1.29, 1.82) is 0 Å². The van der Waals surface area contributed by atoms with Gasteiger partial charge in [-0.2, -0.15) is 0 Å². The Kier molecular flexibility index (Phi) is 7.31. The number of nitrogens with one attached hydrogen (secondary N) is 1. The average molecular weight is 433 g/mol. The summed E-state index contributed by atoms with van der Waals surface area (Å²) in [7, 11) is 1.26. The highest BCUT2D eigenvalue weighted by Crippen LogP contribution is 2.24. The van der Waals surface area contributed by atoms with E-state index in [-0.39, 0.29) is 17.8 Å². The summed E-state index contributed by atoms with van der Waals surface area (Å²) in [4.78, 5) is 48.6. The number of thiophene rings is 1. The van der Waals surface area contributed by atoms with Gasteiger partial charge in [-0.1, -0.05) is 0 Å². The van der Waals surface area contributed by atoms with Crippen molar-refractivity contribution >= 4 is 40.8 Å². The van der Waals surface area contributed by atoms with Crippen LogP contribution in [0, 0.1) is 5.92 Å². The fourth-order valence-corrected chi connectivity index (χ4v) is 3.98. The Morgan fingerprint density at radius 3 is 2.57 bits per heavy atom. The Labute approximate surface area is 177 Å². The van der Waals surface area contributed by atoms with E-state index in [1.807, 2.05) is 9.80 Å². The van der Waals surface area contributed by atoms with Crippen molar-refractivity contribution in [2.24, 2.45) is 5.92 Å². The first-order chi connectivity index (χ1) is 14.5. The fraction of sp³-hybridized carbons (Fsp3) is 0.421. The van der Waals surface area contributed by atoms with Crippen LogP contribution in [0.4, 0.5) is 11.6 Å². The molecule has 0 bridgehead atoms. The van der Waals surface area contributed by atoms with E-state index in [2.05, 4.69) is 20.0 Å².